The summed E-state index contributed by atoms with van der Waals surface area (Å²) in [6.45, 7) is 4.26. The van der Waals surface area contributed by atoms with Crippen LogP contribution in [0.2, 0.25) is 5.02 Å². The molecule has 2 rings (SSSR count). The van der Waals surface area contributed by atoms with Crippen molar-refractivity contribution in [2.24, 2.45) is 0 Å². The molecule has 0 fully saturated rings. The molecule has 0 aliphatic heterocycles. The Kier molecular flexibility index (Phi) is 3.31. The van der Waals surface area contributed by atoms with Crippen LogP contribution in [0, 0.1) is 6.92 Å². The fourth-order valence-corrected chi connectivity index (χ4v) is 2.10. The maximum atomic E-state index is 5.95. The average molecular weight is 231 g/mol. The zero-order valence-corrected chi connectivity index (χ0v) is 10.4. The molecule has 16 heavy (non-hydrogen) atoms. The van der Waals surface area contributed by atoms with Crippen LogP contribution in [-0.2, 0) is 6.42 Å². The highest BCUT2D eigenvalue weighted by molar-refractivity contribution is 6.30. The van der Waals surface area contributed by atoms with Crippen LogP contribution in [0.15, 0.2) is 42.5 Å². The summed E-state index contributed by atoms with van der Waals surface area (Å²) in [7, 11) is 0. The number of hydrogen-bond acceptors (Lipinski definition) is 0. The topological polar surface area (TPSA) is 0 Å². The van der Waals surface area contributed by atoms with Crippen LogP contribution in [0.5, 0.6) is 0 Å². The minimum atomic E-state index is 0.798. The van der Waals surface area contributed by atoms with E-state index < -0.39 is 0 Å². The monoisotopic (exact) mass is 230 g/mol. The van der Waals surface area contributed by atoms with Crippen LogP contribution in [0.25, 0.3) is 11.1 Å². The van der Waals surface area contributed by atoms with Gasteiger partial charge < -0.3 is 0 Å². The van der Waals surface area contributed by atoms with Crippen LogP contribution in [0.1, 0.15) is 18.1 Å². The van der Waals surface area contributed by atoms with E-state index >= 15 is 0 Å². The molecule has 0 saturated heterocycles. The molecule has 0 N–H and O–H groups in total. The molecule has 1 heteroatoms. The van der Waals surface area contributed by atoms with E-state index in [0.29, 0.717) is 0 Å². The maximum absolute atomic E-state index is 5.95. The predicted octanol–water partition coefficient (Wildman–Crippen LogP) is 4.88. The Morgan fingerprint density at radius 3 is 2.25 bits per heavy atom. The summed E-state index contributed by atoms with van der Waals surface area (Å²) in [6.07, 6.45) is 1.08. The first-order valence-corrected chi connectivity index (χ1v) is 5.94. The number of aryl methyl sites for hydroxylation is 2. The molecule has 0 aliphatic carbocycles. The second-order valence-electron chi connectivity index (χ2n) is 4.01. The molecule has 0 nitrogen and oxygen atoms in total. The Bertz CT molecular complexity index is 483. The van der Waals surface area contributed by atoms with Crippen LogP contribution in [0.4, 0.5) is 0 Å². The van der Waals surface area contributed by atoms with Crippen LogP contribution in [0.3, 0.4) is 0 Å². The minimum Gasteiger partial charge on any atom is -0.0843 e. The lowest BCUT2D eigenvalue weighted by Gasteiger charge is -2.07. The molecule has 0 unspecified atom stereocenters. The summed E-state index contributed by atoms with van der Waals surface area (Å²) in [5, 5.41) is 0.798. The maximum Gasteiger partial charge on any atom is 0.0409 e. The van der Waals surface area contributed by atoms with Gasteiger partial charge in [0.05, 0.1) is 0 Å². The minimum absolute atomic E-state index is 0.798. The number of rotatable bonds is 2. The molecule has 82 valence electrons. The van der Waals surface area contributed by atoms with E-state index in [4.69, 9.17) is 11.6 Å². The molecule has 0 heterocycles. The van der Waals surface area contributed by atoms with Gasteiger partial charge >= 0.3 is 0 Å². The second kappa shape index (κ2) is 4.71. The predicted molar refractivity (Wildman–Crippen MR) is 71.0 cm³/mol. The SMILES string of the molecule is CCc1ccc(-c2ccc(Cl)cc2C)cc1. The molecule has 0 bridgehead atoms. The van der Waals surface area contributed by atoms with Gasteiger partial charge in [0, 0.05) is 5.02 Å². The molecule has 0 aliphatic rings. The first-order valence-electron chi connectivity index (χ1n) is 5.56. The zero-order chi connectivity index (χ0) is 11.5. The van der Waals surface area contributed by atoms with Gasteiger partial charge in [0.25, 0.3) is 0 Å². The molecule has 0 saturated carbocycles. The number of hydrogen-bond donors (Lipinski definition) is 0. The van der Waals surface area contributed by atoms with Crippen molar-refractivity contribution in [3.8, 4) is 11.1 Å². The summed E-state index contributed by atoms with van der Waals surface area (Å²) in [5.74, 6) is 0. The molecule has 2 aromatic rings. The van der Waals surface area contributed by atoms with Crippen molar-refractivity contribution in [3.05, 3.63) is 58.6 Å². The van der Waals surface area contributed by atoms with Gasteiger partial charge in [-0.15, -0.1) is 0 Å². The van der Waals surface area contributed by atoms with E-state index in [1.54, 1.807) is 0 Å². The molecule has 0 radical (unpaired) electrons. The van der Waals surface area contributed by atoms with E-state index in [2.05, 4.69) is 44.2 Å². The van der Waals surface area contributed by atoms with E-state index in [1.165, 1.54) is 22.3 Å². The van der Waals surface area contributed by atoms with Gasteiger partial charge in [-0.1, -0.05) is 48.9 Å². The van der Waals surface area contributed by atoms with E-state index in [-0.39, 0.29) is 0 Å². The van der Waals surface area contributed by atoms with Crippen molar-refractivity contribution in [3.63, 3.8) is 0 Å². The van der Waals surface area contributed by atoms with Crippen molar-refractivity contribution < 1.29 is 0 Å². The number of halogens is 1. The first-order chi connectivity index (χ1) is 7.70. The molecule has 0 atom stereocenters. The third-order valence-corrected chi connectivity index (χ3v) is 3.10. The normalized spacial score (nSPS) is 10.4. The highest BCUT2D eigenvalue weighted by Gasteiger charge is 2.02. The molecular formula is C15H15Cl. The van der Waals surface area contributed by atoms with Gasteiger partial charge in [0.2, 0.25) is 0 Å². The Morgan fingerprint density at radius 1 is 1.00 bits per heavy atom. The Balaban J connectivity index is 2.42. The molecule has 2 aromatic carbocycles. The quantitative estimate of drug-likeness (QED) is 0.690. The van der Waals surface area contributed by atoms with Crippen molar-refractivity contribution in [1.29, 1.82) is 0 Å². The van der Waals surface area contributed by atoms with Gasteiger partial charge in [-0.05, 0) is 47.7 Å². The van der Waals surface area contributed by atoms with E-state index in [0.717, 1.165) is 11.4 Å². The van der Waals surface area contributed by atoms with Gasteiger partial charge in [-0.25, -0.2) is 0 Å². The number of benzene rings is 2. The van der Waals surface area contributed by atoms with E-state index in [1.807, 2.05) is 12.1 Å². The van der Waals surface area contributed by atoms with Gasteiger partial charge in [0.1, 0.15) is 0 Å². The molecular weight excluding hydrogens is 216 g/mol. The average Bonchev–Trinajstić information content (AvgIpc) is 2.29. The Morgan fingerprint density at radius 2 is 1.69 bits per heavy atom. The third kappa shape index (κ3) is 2.28. The summed E-state index contributed by atoms with van der Waals surface area (Å²) < 4.78 is 0. The van der Waals surface area contributed by atoms with Crippen LogP contribution >= 0.6 is 11.6 Å². The van der Waals surface area contributed by atoms with Crippen molar-refractivity contribution in [2.45, 2.75) is 20.3 Å². The molecule has 0 spiro atoms. The highest BCUT2D eigenvalue weighted by atomic mass is 35.5. The van der Waals surface area contributed by atoms with Gasteiger partial charge in [-0.3, -0.25) is 0 Å². The molecule has 0 amide bonds. The summed E-state index contributed by atoms with van der Waals surface area (Å²) >= 11 is 5.95. The lowest BCUT2D eigenvalue weighted by Crippen LogP contribution is -1.84. The van der Waals surface area contributed by atoms with Crippen LogP contribution < -0.4 is 0 Å². The summed E-state index contributed by atoms with van der Waals surface area (Å²) in [6, 6.07) is 14.7. The standard InChI is InChI=1S/C15H15Cl/c1-3-12-4-6-13(7-5-12)15-9-8-14(16)10-11(15)2/h4-10H,3H2,1-2H3. The van der Waals surface area contributed by atoms with Gasteiger partial charge in [0.15, 0.2) is 0 Å². The Labute approximate surface area is 102 Å². The zero-order valence-electron chi connectivity index (χ0n) is 9.63. The van der Waals surface area contributed by atoms with Crippen molar-refractivity contribution in [1.82, 2.24) is 0 Å². The highest BCUT2D eigenvalue weighted by Crippen LogP contribution is 2.26. The lowest BCUT2D eigenvalue weighted by atomic mass is 9.99. The second-order valence-corrected chi connectivity index (χ2v) is 4.45. The van der Waals surface area contributed by atoms with Crippen LogP contribution in [-0.4, -0.2) is 0 Å². The fraction of sp³-hybridized carbons (Fsp3) is 0.200. The van der Waals surface area contributed by atoms with E-state index in [9.17, 15) is 0 Å². The fourth-order valence-electron chi connectivity index (χ4n) is 1.87. The van der Waals surface area contributed by atoms with Crippen molar-refractivity contribution >= 4 is 11.6 Å². The Hall–Kier alpha value is -1.27. The lowest BCUT2D eigenvalue weighted by molar-refractivity contribution is 1.14. The summed E-state index contributed by atoms with van der Waals surface area (Å²) in [5.41, 5.74) is 5.10. The van der Waals surface area contributed by atoms with Gasteiger partial charge in [-0.2, -0.15) is 0 Å². The van der Waals surface area contributed by atoms with Crippen molar-refractivity contribution in [2.75, 3.05) is 0 Å². The summed E-state index contributed by atoms with van der Waals surface area (Å²) in [4.78, 5) is 0. The third-order valence-electron chi connectivity index (χ3n) is 2.86. The largest absolute Gasteiger partial charge is 0.0843 e. The smallest absolute Gasteiger partial charge is 0.0409 e. The first kappa shape index (κ1) is 11.2. The molecule has 0 aromatic heterocycles.